The maximum Gasteiger partial charge on any atom is 0.0892 e. The van der Waals surface area contributed by atoms with Crippen molar-refractivity contribution in [2.24, 2.45) is 0 Å². The molecule has 2 aliphatic rings. The van der Waals surface area contributed by atoms with Gasteiger partial charge >= 0.3 is 0 Å². The molecule has 52 heavy (non-hydrogen) atoms. The SMILES string of the molecule is C=C/C=C\C1=C(N(c2ccccc2)c2ccccc2)C2(c3ccccc3S1)c1ccccc1-c1c(N(c3ccccc3)c3ccccc3)cccc12. The molecule has 7 aromatic rings. The molecule has 0 amide bonds. The molecule has 1 aliphatic heterocycles. The largest absolute Gasteiger partial charge is 0.311 e. The summed E-state index contributed by atoms with van der Waals surface area (Å²) in [6.07, 6.45) is 6.19. The van der Waals surface area contributed by atoms with Gasteiger partial charge in [-0.25, -0.2) is 0 Å². The smallest absolute Gasteiger partial charge is 0.0892 e. The number of hydrogen-bond acceptors (Lipinski definition) is 3. The van der Waals surface area contributed by atoms with Gasteiger partial charge in [0, 0.05) is 38.1 Å². The van der Waals surface area contributed by atoms with Gasteiger partial charge in [-0.15, -0.1) is 0 Å². The fourth-order valence-corrected chi connectivity index (χ4v) is 9.28. The summed E-state index contributed by atoms with van der Waals surface area (Å²) in [4.78, 5) is 7.30. The number of rotatable bonds is 8. The zero-order valence-corrected chi connectivity index (χ0v) is 29.5. The number of fused-ring (bicyclic) bond motifs is 7. The maximum absolute atomic E-state index is 4.09. The average molecular weight is 685 g/mol. The van der Waals surface area contributed by atoms with E-state index in [4.69, 9.17) is 0 Å². The topological polar surface area (TPSA) is 6.48 Å². The number of hydrogen-bond donors (Lipinski definition) is 0. The lowest BCUT2D eigenvalue weighted by Crippen LogP contribution is -2.40. The molecule has 1 aliphatic carbocycles. The second-order valence-electron chi connectivity index (χ2n) is 12.9. The molecule has 7 aromatic carbocycles. The summed E-state index contributed by atoms with van der Waals surface area (Å²) in [6, 6.07) is 68.0. The van der Waals surface area contributed by atoms with E-state index in [-0.39, 0.29) is 0 Å². The van der Waals surface area contributed by atoms with Crippen molar-refractivity contribution in [3.8, 4) is 11.1 Å². The van der Waals surface area contributed by atoms with Crippen molar-refractivity contribution in [2.75, 3.05) is 9.80 Å². The van der Waals surface area contributed by atoms with Crippen LogP contribution in [0, 0.1) is 0 Å². The predicted molar refractivity (Wildman–Crippen MR) is 220 cm³/mol. The van der Waals surface area contributed by atoms with Crippen LogP contribution in [0.25, 0.3) is 11.1 Å². The van der Waals surface area contributed by atoms with Crippen LogP contribution < -0.4 is 9.80 Å². The molecule has 0 bridgehead atoms. The van der Waals surface area contributed by atoms with E-state index in [1.807, 2.05) is 17.8 Å². The van der Waals surface area contributed by atoms with Crippen LogP contribution in [-0.4, -0.2) is 0 Å². The number of para-hydroxylation sites is 4. The molecule has 0 saturated heterocycles. The van der Waals surface area contributed by atoms with E-state index in [9.17, 15) is 0 Å². The van der Waals surface area contributed by atoms with Gasteiger partial charge in [-0.1, -0.05) is 158 Å². The highest BCUT2D eigenvalue weighted by Gasteiger charge is 2.54. The fraction of sp³-hybridized carbons (Fsp3) is 0.0204. The third-order valence-electron chi connectivity index (χ3n) is 10.1. The molecule has 1 spiro atoms. The first-order valence-electron chi connectivity index (χ1n) is 17.7. The van der Waals surface area contributed by atoms with Crippen molar-refractivity contribution in [1.82, 2.24) is 0 Å². The van der Waals surface area contributed by atoms with Gasteiger partial charge in [0.1, 0.15) is 0 Å². The Labute approximate surface area is 310 Å². The number of anilines is 5. The summed E-state index contributed by atoms with van der Waals surface area (Å²) in [5, 5.41) is 0. The van der Waals surface area contributed by atoms with Crippen molar-refractivity contribution in [3.05, 3.63) is 240 Å². The molecule has 1 heterocycles. The van der Waals surface area contributed by atoms with E-state index in [1.54, 1.807) is 0 Å². The first kappa shape index (κ1) is 31.7. The summed E-state index contributed by atoms with van der Waals surface area (Å²) in [7, 11) is 0. The average Bonchev–Trinajstić information content (AvgIpc) is 3.51. The fourth-order valence-electron chi connectivity index (χ4n) is 8.07. The zero-order valence-electron chi connectivity index (χ0n) is 28.6. The van der Waals surface area contributed by atoms with Gasteiger partial charge in [0.15, 0.2) is 0 Å². The minimum absolute atomic E-state index is 0.671. The minimum atomic E-state index is -0.671. The van der Waals surface area contributed by atoms with Gasteiger partial charge < -0.3 is 9.80 Å². The Hall–Kier alpha value is -6.29. The van der Waals surface area contributed by atoms with Crippen molar-refractivity contribution >= 4 is 40.2 Å². The van der Waals surface area contributed by atoms with Crippen LogP contribution in [0.2, 0.25) is 0 Å². The second kappa shape index (κ2) is 13.4. The molecule has 0 saturated carbocycles. The van der Waals surface area contributed by atoms with Crippen LogP contribution in [0.3, 0.4) is 0 Å². The molecule has 3 heteroatoms. The second-order valence-corrected chi connectivity index (χ2v) is 14.0. The lowest BCUT2D eigenvalue weighted by atomic mass is 9.68. The lowest BCUT2D eigenvalue weighted by Gasteiger charge is -2.46. The van der Waals surface area contributed by atoms with Crippen molar-refractivity contribution in [3.63, 3.8) is 0 Å². The van der Waals surface area contributed by atoms with E-state index in [0.29, 0.717) is 0 Å². The zero-order chi connectivity index (χ0) is 34.9. The van der Waals surface area contributed by atoms with Crippen LogP contribution in [-0.2, 0) is 5.41 Å². The Morgan fingerprint density at radius 3 is 1.52 bits per heavy atom. The van der Waals surface area contributed by atoms with Crippen LogP contribution in [0.15, 0.2) is 228 Å². The van der Waals surface area contributed by atoms with Gasteiger partial charge in [-0.05, 0) is 89.0 Å². The minimum Gasteiger partial charge on any atom is -0.311 e. The molecule has 0 fully saturated rings. The summed E-state index contributed by atoms with van der Waals surface area (Å²) in [5.41, 5.74) is 12.4. The van der Waals surface area contributed by atoms with E-state index < -0.39 is 5.41 Å². The third-order valence-corrected chi connectivity index (χ3v) is 11.2. The third kappa shape index (κ3) is 5.05. The molecule has 0 aromatic heterocycles. The Morgan fingerprint density at radius 1 is 0.462 bits per heavy atom. The Kier molecular flexibility index (Phi) is 8.19. The van der Waals surface area contributed by atoms with E-state index in [2.05, 4.69) is 217 Å². The Morgan fingerprint density at radius 2 is 0.942 bits per heavy atom. The van der Waals surface area contributed by atoms with Crippen molar-refractivity contribution in [2.45, 2.75) is 10.3 Å². The summed E-state index contributed by atoms with van der Waals surface area (Å²) >= 11 is 1.83. The number of thioether (sulfide) groups is 1. The molecule has 2 nitrogen and oxygen atoms in total. The quantitative estimate of drug-likeness (QED) is 0.147. The van der Waals surface area contributed by atoms with Crippen molar-refractivity contribution in [1.29, 1.82) is 0 Å². The lowest BCUT2D eigenvalue weighted by molar-refractivity contribution is 0.702. The van der Waals surface area contributed by atoms with Crippen LogP contribution in [0.4, 0.5) is 28.4 Å². The molecule has 0 N–H and O–H groups in total. The summed E-state index contributed by atoms with van der Waals surface area (Å²) in [6.45, 7) is 4.09. The monoisotopic (exact) mass is 684 g/mol. The first-order valence-corrected chi connectivity index (χ1v) is 18.5. The van der Waals surface area contributed by atoms with Gasteiger partial charge in [0.2, 0.25) is 0 Å². The van der Waals surface area contributed by atoms with Gasteiger partial charge in [-0.2, -0.15) is 0 Å². The molecular weight excluding hydrogens is 649 g/mol. The molecule has 1 atom stereocenters. The van der Waals surface area contributed by atoms with Crippen LogP contribution in [0.5, 0.6) is 0 Å². The molecule has 0 radical (unpaired) electrons. The Balaban J connectivity index is 1.45. The normalized spacial score (nSPS) is 15.6. The highest BCUT2D eigenvalue weighted by atomic mass is 32.2. The standard InChI is InChI=1S/C49H36N2S/c1-2-3-34-46-48(51(38-25-12-6-13-26-38)39-27-14-7-15-28-39)49(42-31-18-19-35-45(42)52-46)41-30-17-16-29-40(41)47-43(49)32-20-33-44(47)50(36-21-8-4-9-22-36)37-23-10-5-11-24-37/h2-35H,1H2/b34-3-. The molecular formula is C49H36N2S. The molecule has 1 unspecified atom stereocenters. The Bertz CT molecular complexity index is 2370. The van der Waals surface area contributed by atoms with E-state index >= 15 is 0 Å². The van der Waals surface area contributed by atoms with E-state index in [0.717, 1.165) is 28.4 Å². The molecule has 248 valence electrons. The molecule has 9 rings (SSSR count). The van der Waals surface area contributed by atoms with Gasteiger partial charge in [-0.3, -0.25) is 0 Å². The van der Waals surface area contributed by atoms with Crippen LogP contribution >= 0.6 is 11.8 Å². The van der Waals surface area contributed by atoms with Gasteiger partial charge in [0.05, 0.1) is 16.8 Å². The number of benzene rings is 7. The van der Waals surface area contributed by atoms with Crippen LogP contribution in [0.1, 0.15) is 16.7 Å². The number of nitrogens with zero attached hydrogens (tertiary/aromatic N) is 2. The predicted octanol–water partition coefficient (Wildman–Crippen LogP) is 13.4. The first-order chi connectivity index (χ1) is 25.8. The van der Waals surface area contributed by atoms with E-state index in [1.165, 1.54) is 43.3 Å². The maximum atomic E-state index is 4.09. The summed E-state index contributed by atoms with van der Waals surface area (Å²) in [5.74, 6) is 0. The van der Waals surface area contributed by atoms with Gasteiger partial charge in [0.25, 0.3) is 0 Å². The highest BCUT2D eigenvalue weighted by molar-refractivity contribution is 8.03. The summed E-state index contributed by atoms with van der Waals surface area (Å²) < 4.78 is 0. The highest BCUT2D eigenvalue weighted by Crippen LogP contribution is 2.65. The number of allylic oxidation sites excluding steroid dienone is 4. The van der Waals surface area contributed by atoms with Crippen molar-refractivity contribution < 1.29 is 0 Å².